The zero-order valence-corrected chi connectivity index (χ0v) is 11.9. The monoisotopic (exact) mass is 268 g/mol. The number of rotatable bonds is 2. The van der Waals surface area contributed by atoms with Crippen molar-refractivity contribution in [1.29, 1.82) is 0 Å². The maximum absolute atomic E-state index is 6.29. The molecule has 1 aliphatic heterocycles. The highest BCUT2D eigenvalue weighted by Gasteiger charge is 2.24. The lowest BCUT2D eigenvalue weighted by Gasteiger charge is -2.38. The van der Waals surface area contributed by atoms with Crippen LogP contribution in [0, 0.1) is 0 Å². The van der Waals surface area contributed by atoms with Crippen LogP contribution in [0.25, 0.3) is 0 Å². The van der Waals surface area contributed by atoms with E-state index in [0.29, 0.717) is 6.04 Å². The number of nitrogens with zero attached hydrogens (tertiary/aromatic N) is 1. The van der Waals surface area contributed by atoms with E-state index >= 15 is 0 Å². The van der Waals surface area contributed by atoms with Gasteiger partial charge in [0.2, 0.25) is 0 Å². The first kappa shape index (κ1) is 13.7. The van der Waals surface area contributed by atoms with Crippen LogP contribution in [0.3, 0.4) is 0 Å². The molecule has 1 aromatic rings. The van der Waals surface area contributed by atoms with Crippen molar-refractivity contribution in [2.75, 3.05) is 18.1 Å². The van der Waals surface area contributed by atoms with Gasteiger partial charge in [0.25, 0.3) is 0 Å². The van der Waals surface area contributed by atoms with Crippen molar-refractivity contribution in [3.05, 3.63) is 28.8 Å². The van der Waals surface area contributed by atoms with Gasteiger partial charge in [-0.15, -0.1) is 0 Å². The summed E-state index contributed by atoms with van der Waals surface area (Å²) in [5, 5.41) is 0.744. The maximum atomic E-state index is 6.29. The van der Waals surface area contributed by atoms with Crippen molar-refractivity contribution in [2.45, 2.75) is 39.0 Å². The lowest BCUT2D eigenvalue weighted by Crippen LogP contribution is -2.47. The van der Waals surface area contributed by atoms with Crippen LogP contribution in [-0.4, -0.2) is 25.3 Å². The largest absolute Gasteiger partial charge is 0.375 e. The van der Waals surface area contributed by atoms with Gasteiger partial charge in [-0.1, -0.05) is 17.7 Å². The summed E-state index contributed by atoms with van der Waals surface area (Å²) >= 11 is 6.29. The van der Waals surface area contributed by atoms with Crippen molar-refractivity contribution in [3.8, 4) is 0 Å². The highest BCUT2D eigenvalue weighted by Crippen LogP contribution is 2.29. The number of ether oxygens (including phenoxy) is 1. The molecule has 100 valence electrons. The summed E-state index contributed by atoms with van der Waals surface area (Å²) in [6.45, 7) is 7.86. The molecule has 0 radical (unpaired) electrons. The molecule has 0 aromatic heterocycles. The minimum Gasteiger partial charge on any atom is -0.375 e. The Labute approximate surface area is 114 Å². The van der Waals surface area contributed by atoms with E-state index in [-0.39, 0.29) is 12.1 Å². The quantitative estimate of drug-likeness (QED) is 0.896. The third kappa shape index (κ3) is 2.79. The zero-order valence-electron chi connectivity index (χ0n) is 11.2. The zero-order chi connectivity index (χ0) is 13.3. The predicted octanol–water partition coefficient (Wildman–Crippen LogP) is 2.97. The fraction of sp³-hybridized carbons (Fsp3) is 0.571. The summed E-state index contributed by atoms with van der Waals surface area (Å²) < 4.78 is 5.64. The van der Waals surface area contributed by atoms with Gasteiger partial charge in [-0.3, -0.25) is 0 Å². The number of hydrogen-bond donors (Lipinski definition) is 1. The van der Waals surface area contributed by atoms with Crippen molar-refractivity contribution in [3.63, 3.8) is 0 Å². The highest BCUT2D eigenvalue weighted by atomic mass is 35.5. The second-order valence-electron chi connectivity index (χ2n) is 5.14. The number of benzene rings is 1. The lowest BCUT2D eigenvalue weighted by molar-refractivity contribution is 0.0344. The highest BCUT2D eigenvalue weighted by molar-refractivity contribution is 6.31. The fourth-order valence-electron chi connectivity index (χ4n) is 2.33. The van der Waals surface area contributed by atoms with Crippen LogP contribution in [-0.2, 0) is 4.74 Å². The Morgan fingerprint density at radius 3 is 2.78 bits per heavy atom. The Bertz CT molecular complexity index is 422. The molecule has 2 rings (SSSR count). The molecule has 1 saturated heterocycles. The standard InChI is InChI=1S/C14H21ClN2O/c1-9-8-18-10(2)7-17(9)12-4-5-13(11(3)16)14(15)6-12/h4-6,9-11H,7-8,16H2,1-3H3. The van der Waals surface area contributed by atoms with E-state index in [1.165, 1.54) is 0 Å². The molecule has 1 aliphatic rings. The second kappa shape index (κ2) is 5.47. The SMILES string of the molecule is CC1CN(c2ccc(C(C)N)c(Cl)c2)C(C)CO1. The van der Waals surface area contributed by atoms with Gasteiger partial charge in [-0.05, 0) is 38.5 Å². The van der Waals surface area contributed by atoms with Crippen molar-refractivity contribution in [2.24, 2.45) is 5.73 Å². The summed E-state index contributed by atoms with van der Waals surface area (Å²) in [6, 6.07) is 6.47. The molecule has 1 fully saturated rings. The molecule has 0 bridgehead atoms. The average molecular weight is 269 g/mol. The van der Waals surface area contributed by atoms with Crippen molar-refractivity contribution < 1.29 is 4.74 Å². The average Bonchev–Trinajstić information content (AvgIpc) is 2.31. The van der Waals surface area contributed by atoms with Crippen LogP contribution >= 0.6 is 11.6 Å². The van der Waals surface area contributed by atoms with Crippen LogP contribution in [0.2, 0.25) is 5.02 Å². The minimum atomic E-state index is -0.0346. The topological polar surface area (TPSA) is 38.5 Å². The number of hydrogen-bond acceptors (Lipinski definition) is 3. The van der Waals surface area contributed by atoms with Crippen LogP contribution in [0.15, 0.2) is 18.2 Å². The van der Waals surface area contributed by atoms with Crippen LogP contribution in [0.5, 0.6) is 0 Å². The van der Waals surface area contributed by atoms with Crippen molar-refractivity contribution >= 4 is 17.3 Å². The molecule has 4 heteroatoms. The van der Waals surface area contributed by atoms with Crippen LogP contribution in [0.1, 0.15) is 32.4 Å². The van der Waals surface area contributed by atoms with E-state index in [1.54, 1.807) is 0 Å². The number of morpholine rings is 1. The molecular weight excluding hydrogens is 248 g/mol. The Hall–Kier alpha value is -0.770. The molecule has 0 spiro atoms. The van der Waals surface area contributed by atoms with Gasteiger partial charge in [-0.25, -0.2) is 0 Å². The van der Waals surface area contributed by atoms with Gasteiger partial charge in [0, 0.05) is 29.3 Å². The van der Waals surface area contributed by atoms with Gasteiger partial charge in [-0.2, -0.15) is 0 Å². The molecule has 3 unspecified atom stereocenters. The molecule has 18 heavy (non-hydrogen) atoms. The molecule has 0 aliphatic carbocycles. The Morgan fingerprint density at radius 1 is 1.44 bits per heavy atom. The summed E-state index contributed by atoms with van der Waals surface area (Å²) in [5.41, 5.74) is 8.01. The first-order valence-corrected chi connectivity index (χ1v) is 6.80. The number of halogens is 1. The summed E-state index contributed by atoms with van der Waals surface area (Å²) in [7, 11) is 0. The molecule has 0 amide bonds. The molecule has 3 nitrogen and oxygen atoms in total. The molecule has 1 heterocycles. The van der Waals surface area contributed by atoms with E-state index in [1.807, 2.05) is 19.1 Å². The second-order valence-corrected chi connectivity index (χ2v) is 5.55. The third-order valence-electron chi connectivity index (χ3n) is 3.41. The summed E-state index contributed by atoms with van der Waals surface area (Å²) in [5.74, 6) is 0. The van der Waals surface area contributed by atoms with E-state index in [2.05, 4.69) is 24.8 Å². The van der Waals surface area contributed by atoms with Crippen LogP contribution in [0.4, 0.5) is 5.69 Å². The van der Waals surface area contributed by atoms with E-state index in [9.17, 15) is 0 Å². The molecule has 1 aromatic carbocycles. The maximum Gasteiger partial charge on any atom is 0.0723 e. The minimum absolute atomic E-state index is 0.0346. The first-order chi connectivity index (χ1) is 8.49. The number of nitrogens with two attached hydrogens (primary N) is 1. The smallest absolute Gasteiger partial charge is 0.0723 e. The Morgan fingerprint density at radius 2 is 2.17 bits per heavy atom. The molecule has 3 atom stereocenters. The van der Waals surface area contributed by atoms with Crippen LogP contribution < -0.4 is 10.6 Å². The van der Waals surface area contributed by atoms with Gasteiger partial charge in [0.15, 0.2) is 0 Å². The summed E-state index contributed by atoms with van der Waals surface area (Å²) in [6.07, 6.45) is 0.257. The Balaban J connectivity index is 2.25. The predicted molar refractivity (Wildman–Crippen MR) is 76.3 cm³/mol. The lowest BCUT2D eigenvalue weighted by atomic mass is 10.1. The van der Waals surface area contributed by atoms with Crippen molar-refractivity contribution in [1.82, 2.24) is 0 Å². The normalized spacial score (nSPS) is 26.2. The van der Waals surface area contributed by atoms with E-state index in [0.717, 1.165) is 29.4 Å². The number of anilines is 1. The van der Waals surface area contributed by atoms with E-state index < -0.39 is 0 Å². The van der Waals surface area contributed by atoms with Gasteiger partial charge in [0.1, 0.15) is 0 Å². The first-order valence-electron chi connectivity index (χ1n) is 6.42. The Kier molecular flexibility index (Phi) is 4.15. The fourth-order valence-corrected chi connectivity index (χ4v) is 2.67. The van der Waals surface area contributed by atoms with E-state index in [4.69, 9.17) is 22.1 Å². The molecule has 0 saturated carbocycles. The molecular formula is C14H21ClN2O. The molecule has 2 N–H and O–H groups in total. The van der Waals surface area contributed by atoms with Gasteiger partial charge in [0.05, 0.1) is 12.7 Å². The van der Waals surface area contributed by atoms with Gasteiger partial charge >= 0.3 is 0 Å². The third-order valence-corrected chi connectivity index (χ3v) is 3.74. The summed E-state index contributed by atoms with van der Waals surface area (Å²) in [4.78, 5) is 2.34. The van der Waals surface area contributed by atoms with Gasteiger partial charge < -0.3 is 15.4 Å².